The van der Waals surface area contributed by atoms with Gasteiger partial charge in [-0.3, -0.25) is 10.1 Å². The second-order valence-corrected chi connectivity index (χ2v) is 5.11. The molecule has 2 aromatic carbocycles. The van der Waals surface area contributed by atoms with Gasteiger partial charge in [0.2, 0.25) is 0 Å². The van der Waals surface area contributed by atoms with Crippen LogP contribution < -0.4 is 9.47 Å². The van der Waals surface area contributed by atoms with Crippen LogP contribution in [0.25, 0.3) is 0 Å². The van der Waals surface area contributed by atoms with E-state index in [1.165, 1.54) is 6.07 Å². The van der Waals surface area contributed by atoms with Gasteiger partial charge < -0.3 is 14.6 Å². The van der Waals surface area contributed by atoms with Crippen molar-refractivity contribution in [3.8, 4) is 11.5 Å². The van der Waals surface area contributed by atoms with Crippen LogP contribution in [-0.2, 0) is 0 Å². The van der Waals surface area contributed by atoms with Crippen molar-refractivity contribution in [2.24, 2.45) is 0 Å². The third-order valence-electron chi connectivity index (χ3n) is 3.21. The van der Waals surface area contributed by atoms with Crippen molar-refractivity contribution in [1.82, 2.24) is 0 Å². The van der Waals surface area contributed by atoms with Gasteiger partial charge in [-0.15, -0.1) is 0 Å². The van der Waals surface area contributed by atoms with Gasteiger partial charge >= 0.3 is 11.7 Å². The lowest BCUT2D eigenvalue weighted by atomic mass is 10.2. The Bertz CT molecular complexity index is 744. The fourth-order valence-corrected chi connectivity index (χ4v) is 2.05. The molecule has 1 N–H and O–H groups in total. The number of hydrogen-bond acceptors (Lipinski definition) is 5. The summed E-state index contributed by atoms with van der Waals surface area (Å²) < 4.78 is 10.9. The first-order valence-corrected chi connectivity index (χ1v) is 7.31. The third-order valence-corrected chi connectivity index (χ3v) is 3.21. The highest BCUT2D eigenvalue weighted by atomic mass is 16.6. The molecule has 0 aromatic heterocycles. The molecule has 0 unspecified atom stereocenters. The van der Waals surface area contributed by atoms with Gasteiger partial charge in [-0.1, -0.05) is 12.1 Å². The highest BCUT2D eigenvalue weighted by molar-refractivity contribution is 5.88. The molecular formula is C17H17NO6. The van der Waals surface area contributed by atoms with Gasteiger partial charge in [0.15, 0.2) is 5.75 Å². The molecule has 2 rings (SSSR count). The van der Waals surface area contributed by atoms with Gasteiger partial charge in [0.25, 0.3) is 0 Å². The van der Waals surface area contributed by atoms with E-state index in [0.717, 1.165) is 23.4 Å². The van der Waals surface area contributed by atoms with E-state index in [2.05, 4.69) is 0 Å². The zero-order valence-electron chi connectivity index (χ0n) is 13.1. The maximum atomic E-state index is 11.0. The lowest BCUT2D eigenvalue weighted by Crippen LogP contribution is -2.07. The number of carboxylic acids is 1. The van der Waals surface area contributed by atoms with Crippen LogP contribution in [-0.4, -0.2) is 29.2 Å². The second-order valence-electron chi connectivity index (χ2n) is 5.11. The van der Waals surface area contributed by atoms with Crippen LogP contribution in [0.4, 0.5) is 5.69 Å². The van der Waals surface area contributed by atoms with Gasteiger partial charge in [0.1, 0.15) is 5.75 Å². The van der Waals surface area contributed by atoms with Gasteiger partial charge in [-0.25, -0.2) is 4.79 Å². The Kier molecular flexibility index (Phi) is 5.73. The van der Waals surface area contributed by atoms with Gasteiger partial charge in [0, 0.05) is 18.6 Å². The zero-order chi connectivity index (χ0) is 17.5. The van der Waals surface area contributed by atoms with Gasteiger partial charge in [-0.05, 0) is 30.7 Å². The molecule has 0 bridgehead atoms. The molecule has 0 saturated heterocycles. The van der Waals surface area contributed by atoms with E-state index in [-0.39, 0.29) is 23.6 Å². The Hall–Kier alpha value is -3.09. The minimum Gasteiger partial charge on any atom is -0.493 e. The van der Waals surface area contributed by atoms with E-state index in [9.17, 15) is 14.9 Å². The molecule has 7 nitrogen and oxygen atoms in total. The second kappa shape index (κ2) is 7.96. The number of nitro benzene ring substituents is 1. The topological polar surface area (TPSA) is 98.9 Å². The van der Waals surface area contributed by atoms with Crippen molar-refractivity contribution >= 4 is 11.7 Å². The van der Waals surface area contributed by atoms with E-state index in [1.54, 1.807) is 0 Å². The van der Waals surface area contributed by atoms with E-state index < -0.39 is 10.9 Å². The number of benzene rings is 2. The summed E-state index contributed by atoms with van der Waals surface area (Å²) in [7, 11) is 0. The molecule has 24 heavy (non-hydrogen) atoms. The van der Waals surface area contributed by atoms with Gasteiger partial charge in [0.05, 0.1) is 23.7 Å². The molecule has 126 valence electrons. The Labute approximate surface area is 138 Å². The minimum absolute atomic E-state index is 0.0598. The highest BCUT2D eigenvalue weighted by Gasteiger charge is 2.17. The summed E-state index contributed by atoms with van der Waals surface area (Å²) in [6, 6.07) is 11.1. The zero-order valence-corrected chi connectivity index (χ0v) is 13.1. The number of nitrogens with zero attached hydrogens (tertiary/aromatic N) is 1. The van der Waals surface area contributed by atoms with Crippen molar-refractivity contribution in [3.63, 3.8) is 0 Å². The number of rotatable bonds is 8. The molecule has 0 heterocycles. The predicted molar refractivity (Wildman–Crippen MR) is 86.8 cm³/mol. The highest BCUT2D eigenvalue weighted by Crippen LogP contribution is 2.28. The molecule has 7 heteroatoms. The molecule has 0 atom stereocenters. The number of hydrogen-bond donors (Lipinski definition) is 1. The minimum atomic E-state index is -1.17. The van der Waals surface area contributed by atoms with Crippen LogP contribution in [0.3, 0.4) is 0 Å². The molecular weight excluding hydrogens is 314 g/mol. The largest absolute Gasteiger partial charge is 0.493 e. The smallest absolute Gasteiger partial charge is 0.335 e. The number of nitro groups is 1. The Balaban J connectivity index is 1.90. The SMILES string of the molecule is Cc1cccc(OCCCOc2cc(C(=O)O)ccc2[N+](=O)[O-])c1. The molecule has 2 aromatic rings. The quantitative estimate of drug-likeness (QED) is 0.452. The lowest BCUT2D eigenvalue weighted by Gasteiger charge is -2.09. The van der Waals surface area contributed by atoms with Crippen LogP contribution in [0, 0.1) is 17.0 Å². The number of aryl methyl sites for hydroxylation is 1. The average molecular weight is 331 g/mol. The first-order chi connectivity index (χ1) is 11.5. The normalized spacial score (nSPS) is 10.2. The van der Waals surface area contributed by atoms with Crippen molar-refractivity contribution < 1.29 is 24.3 Å². The van der Waals surface area contributed by atoms with E-state index in [0.29, 0.717) is 13.0 Å². The molecule has 0 saturated carbocycles. The fourth-order valence-electron chi connectivity index (χ4n) is 2.05. The summed E-state index contributed by atoms with van der Waals surface area (Å²) in [5, 5.41) is 19.9. The summed E-state index contributed by atoms with van der Waals surface area (Å²) >= 11 is 0. The summed E-state index contributed by atoms with van der Waals surface area (Å²) in [5.41, 5.74) is 0.760. The van der Waals surface area contributed by atoms with Crippen LogP contribution >= 0.6 is 0 Å². The van der Waals surface area contributed by atoms with Crippen LogP contribution in [0.15, 0.2) is 42.5 Å². The predicted octanol–water partition coefficient (Wildman–Crippen LogP) is 3.45. The Morgan fingerprint density at radius 1 is 1.17 bits per heavy atom. The molecule has 0 radical (unpaired) electrons. The van der Waals surface area contributed by atoms with Crippen LogP contribution in [0.5, 0.6) is 11.5 Å². The standard InChI is InChI=1S/C17H17NO6/c1-12-4-2-5-14(10-12)23-8-3-9-24-16-11-13(17(19)20)6-7-15(16)18(21)22/h2,4-7,10-11H,3,8-9H2,1H3,(H,19,20). The summed E-state index contributed by atoms with van der Waals surface area (Å²) in [4.78, 5) is 21.3. The van der Waals surface area contributed by atoms with E-state index in [4.69, 9.17) is 14.6 Å². The molecule has 0 aliphatic carbocycles. The molecule has 0 aliphatic heterocycles. The van der Waals surface area contributed by atoms with Crippen LogP contribution in [0.2, 0.25) is 0 Å². The van der Waals surface area contributed by atoms with Crippen molar-refractivity contribution in [3.05, 3.63) is 63.7 Å². The van der Waals surface area contributed by atoms with E-state index in [1.807, 2.05) is 31.2 Å². The summed E-state index contributed by atoms with van der Waals surface area (Å²) in [5.74, 6) is -0.484. The Morgan fingerprint density at radius 2 is 1.92 bits per heavy atom. The maximum absolute atomic E-state index is 11.0. The van der Waals surface area contributed by atoms with Crippen LogP contribution in [0.1, 0.15) is 22.3 Å². The third kappa shape index (κ3) is 4.70. The maximum Gasteiger partial charge on any atom is 0.335 e. The fraction of sp³-hybridized carbons (Fsp3) is 0.235. The molecule has 0 aliphatic rings. The lowest BCUT2D eigenvalue weighted by molar-refractivity contribution is -0.385. The molecule has 0 spiro atoms. The average Bonchev–Trinajstić information content (AvgIpc) is 2.54. The Morgan fingerprint density at radius 3 is 2.58 bits per heavy atom. The van der Waals surface area contributed by atoms with Crippen molar-refractivity contribution in [1.29, 1.82) is 0 Å². The molecule has 0 fully saturated rings. The van der Waals surface area contributed by atoms with Crippen molar-refractivity contribution in [2.45, 2.75) is 13.3 Å². The number of carboxylic acid groups (broad SMARTS) is 1. The summed E-state index contributed by atoms with van der Waals surface area (Å²) in [6.45, 7) is 2.52. The van der Waals surface area contributed by atoms with Gasteiger partial charge in [-0.2, -0.15) is 0 Å². The van der Waals surface area contributed by atoms with Crippen molar-refractivity contribution in [2.75, 3.05) is 13.2 Å². The molecule has 0 amide bonds. The van der Waals surface area contributed by atoms with E-state index >= 15 is 0 Å². The first kappa shape index (κ1) is 17.3. The number of carbonyl (C=O) groups is 1. The summed E-state index contributed by atoms with van der Waals surface area (Å²) in [6.07, 6.45) is 0.502. The first-order valence-electron chi connectivity index (χ1n) is 7.31. The number of aromatic carboxylic acids is 1. The monoisotopic (exact) mass is 331 g/mol. The number of ether oxygens (including phenoxy) is 2.